The van der Waals surface area contributed by atoms with Crippen molar-refractivity contribution in [2.24, 2.45) is 15.8 Å². The van der Waals surface area contributed by atoms with E-state index in [1.54, 1.807) is 18.5 Å². The van der Waals surface area contributed by atoms with Gasteiger partial charge in [0.25, 0.3) is 0 Å². The number of pyridine rings is 2. The third kappa shape index (κ3) is 5.51. The summed E-state index contributed by atoms with van der Waals surface area (Å²) in [6, 6.07) is 5.13. The summed E-state index contributed by atoms with van der Waals surface area (Å²) in [5, 5.41) is 3.40. The van der Waals surface area contributed by atoms with E-state index in [1.807, 2.05) is 6.07 Å². The number of nitrogens with two attached hydrogens (primary N) is 1. The van der Waals surface area contributed by atoms with Crippen LogP contribution in [-0.2, 0) is 12.7 Å². The number of hydrogen-bond acceptors (Lipinski definition) is 4. The van der Waals surface area contributed by atoms with Crippen molar-refractivity contribution >= 4 is 23.8 Å². The molecule has 0 saturated carbocycles. The minimum Gasteiger partial charge on any atom is -0.369 e. The standard InChI is InChI=1S/C14H12ClF3N6/c15-12-5-10(14(16,17)18)4-11(23-12)8-22-24-13(19)21-7-9-2-1-3-20-6-9/h1-6,8H,7H2,(H3,19,21,24)/b22-8+. The Morgan fingerprint density at radius 3 is 2.83 bits per heavy atom. The Hall–Kier alpha value is -2.68. The Balaban J connectivity index is 1.99. The quantitative estimate of drug-likeness (QED) is 0.381. The van der Waals surface area contributed by atoms with Crippen molar-refractivity contribution in [3.8, 4) is 0 Å². The average Bonchev–Trinajstić information content (AvgIpc) is 2.52. The first kappa shape index (κ1) is 17.7. The van der Waals surface area contributed by atoms with Gasteiger partial charge in [0, 0.05) is 12.4 Å². The summed E-state index contributed by atoms with van der Waals surface area (Å²) in [6.45, 7) is 0.288. The lowest BCUT2D eigenvalue weighted by atomic mass is 10.2. The third-order valence-corrected chi connectivity index (χ3v) is 2.87. The molecule has 3 N–H and O–H groups in total. The molecule has 0 spiro atoms. The molecule has 0 radical (unpaired) electrons. The fourth-order valence-corrected chi connectivity index (χ4v) is 1.83. The van der Waals surface area contributed by atoms with Gasteiger partial charge in [0.05, 0.1) is 24.0 Å². The zero-order valence-electron chi connectivity index (χ0n) is 12.1. The van der Waals surface area contributed by atoms with Gasteiger partial charge in [0.1, 0.15) is 5.15 Å². The largest absolute Gasteiger partial charge is 0.416 e. The smallest absolute Gasteiger partial charge is 0.369 e. The molecular weight excluding hydrogens is 345 g/mol. The maximum absolute atomic E-state index is 12.7. The number of rotatable bonds is 4. The summed E-state index contributed by atoms with van der Waals surface area (Å²) in [4.78, 5) is 11.7. The monoisotopic (exact) mass is 356 g/mol. The van der Waals surface area contributed by atoms with Crippen molar-refractivity contribution in [3.05, 3.63) is 58.6 Å². The fourth-order valence-electron chi connectivity index (χ4n) is 1.61. The van der Waals surface area contributed by atoms with Crippen LogP contribution < -0.4 is 11.2 Å². The summed E-state index contributed by atoms with van der Waals surface area (Å²) >= 11 is 5.57. The molecule has 0 saturated heterocycles. The molecule has 10 heteroatoms. The molecule has 2 aromatic heterocycles. The van der Waals surface area contributed by atoms with Crippen molar-refractivity contribution in [3.63, 3.8) is 0 Å². The number of alkyl halides is 3. The van der Waals surface area contributed by atoms with E-state index in [4.69, 9.17) is 17.3 Å². The van der Waals surface area contributed by atoms with Gasteiger partial charge < -0.3 is 5.73 Å². The van der Waals surface area contributed by atoms with Crippen LogP contribution in [0.1, 0.15) is 16.8 Å². The molecule has 0 aromatic carbocycles. The SMILES string of the molecule is NC(=NCc1cccnc1)N/N=C/c1cc(C(F)(F)F)cc(Cl)n1. The van der Waals surface area contributed by atoms with Gasteiger partial charge in [0.15, 0.2) is 0 Å². The van der Waals surface area contributed by atoms with Gasteiger partial charge in [-0.3, -0.25) is 4.98 Å². The Bertz CT molecular complexity index is 746. The van der Waals surface area contributed by atoms with Crippen molar-refractivity contribution < 1.29 is 13.2 Å². The Kier molecular flexibility index (Phi) is 5.69. The Morgan fingerprint density at radius 2 is 2.17 bits per heavy atom. The number of guanidine groups is 1. The van der Waals surface area contributed by atoms with Crippen LogP contribution in [0.25, 0.3) is 0 Å². The number of aliphatic imine (C=N–C) groups is 1. The molecule has 0 unspecified atom stereocenters. The molecule has 0 aliphatic rings. The van der Waals surface area contributed by atoms with Crippen LogP contribution in [0.15, 0.2) is 46.8 Å². The summed E-state index contributed by atoms with van der Waals surface area (Å²) in [7, 11) is 0. The number of hydrogen-bond donors (Lipinski definition) is 2. The van der Waals surface area contributed by atoms with Crippen LogP contribution in [0, 0.1) is 0 Å². The first-order valence-electron chi connectivity index (χ1n) is 6.57. The summed E-state index contributed by atoms with van der Waals surface area (Å²) in [5.41, 5.74) is 7.85. The molecule has 2 heterocycles. The van der Waals surface area contributed by atoms with E-state index < -0.39 is 11.7 Å². The molecule has 0 aliphatic carbocycles. The fraction of sp³-hybridized carbons (Fsp3) is 0.143. The van der Waals surface area contributed by atoms with Crippen molar-refractivity contribution in [2.45, 2.75) is 12.7 Å². The highest BCUT2D eigenvalue weighted by Gasteiger charge is 2.31. The van der Waals surface area contributed by atoms with Crippen LogP contribution in [0.5, 0.6) is 0 Å². The van der Waals surface area contributed by atoms with E-state index in [2.05, 4.69) is 25.5 Å². The van der Waals surface area contributed by atoms with Crippen LogP contribution in [-0.4, -0.2) is 22.1 Å². The Morgan fingerprint density at radius 1 is 1.38 bits per heavy atom. The van der Waals surface area contributed by atoms with Gasteiger partial charge in [-0.25, -0.2) is 15.4 Å². The van der Waals surface area contributed by atoms with Gasteiger partial charge >= 0.3 is 6.18 Å². The molecular formula is C14H12ClF3N6. The lowest BCUT2D eigenvalue weighted by molar-refractivity contribution is -0.137. The van der Waals surface area contributed by atoms with E-state index in [0.29, 0.717) is 0 Å². The van der Waals surface area contributed by atoms with Gasteiger partial charge in [-0.2, -0.15) is 18.3 Å². The third-order valence-electron chi connectivity index (χ3n) is 2.67. The average molecular weight is 357 g/mol. The van der Waals surface area contributed by atoms with E-state index in [0.717, 1.165) is 23.9 Å². The van der Waals surface area contributed by atoms with Gasteiger partial charge in [-0.05, 0) is 23.8 Å². The van der Waals surface area contributed by atoms with E-state index in [-0.39, 0.29) is 23.4 Å². The molecule has 0 fully saturated rings. The molecule has 126 valence electrons. The minimum absolute atomic E-state index is 0.00632. The molecule has 24 heavy (non-hydrogen) atoms. The van der Waals surface area contributed by atoms with E-state index in [1.165, 1.54) is 0 Å². The summed E-state index contributed by atoms with van der Waals surface area (Å²) in [5.74, 6) is -0.00632. The lowest BCUT2D eigenvalue weighted by Gasteiger charge is -2.07. The molecule has 0 aliphatic heterocycles. The predicted octanol–water partition coefficient (Wildman–Crippen LogP) is 2.59. The first-order chi connectivity index (χ1) is 11.3. The van der Waals surface area contributed by atoms with Crippen molar-refractivity contribution in [1.82, 2.24) is 15.4 Å². The second-order valence-electron chi connectivity index (χ2n) is 4.53. The van der Waals surface area contributed by atoms with Crippen molar-refractivity contribution in [2.75, 3.05) is 0 Å². The topological polar surface area (TPSA) is 88.5 Å². The van der Waals surface area contributed by atoms with Crippen molar-refractivity contribution in [1.29, 1.82) is 0 Å². The van der Waals surface area contributed by atoms with Gasteiger partial charge in [-0.15, -0.1) is 0 Å². The molecule has 0 amide bonds. The van der Waals surface area contributed by atoms with Crippen LogP contribution in [0.2, 0.25) is 5.15 Å². The number of nitrogens with one attached hydrogen (secondary N) is 1. The first-order valence-corrected chi connectivity index (χ1v) is 6.95. The number of halogens is 4. The van der Waals surface area contributed by atoms with E-state index in [9.17, 15) is 13.2 Å². The molecule has 2 aromatic rings. The minimum atomic E-state index is -4.52. The summed E-state index contributed by atoms with van der Waals surface area (Å²) < 4.78 is 38.0. The second kappa shape index (κ2) is 7.73. The van der Waals surface area contributed by atoms with Crippen LogP contribution in [0.4, 0.5) is 13.2 Å². The normalized spacial score (nSPS) is 12.6. The lowest BCUT2D eigenvalue weighted by Crippen LogP contribution is -2.27. The predicted molar refractivity (Wildman–Crippen MR) is 84.5 cm³/mol. The Labute approximate surface area is 140 Å². The number of hydrazone groups is 1. The molecule has 0 atom stereocenters. The maximum atomic E-state index is 12.7. The molecule has 2 rings (SSSR count). The van der Waals surface area contributed by atoms with Gasteiger partial charge in [0.2, 0.25) is 5.96 Å². The van der Waals surface area contributed by atoms with Crippen LogP contribution in [0.3, 0.4) is 0 Å². The highest BCUT2D eigenvalue weighted by atomic mass is 35.5. The highest BCUT2D eigenvalue weighted by molar-refractivity contribution is 6.29. The zero-order valence-corrected chi connectivity index (χ0v) is 12.9. The van der Waals surface area contributed by atoms with Crippen LogP contribution >= 0.6 is 11.6 Å². The summed E-state index contributed by atoms with van der Waals surface area (Å²) in [6.07, 6.45) is -0.193. The zero-order chi connectivity index (χ0) is 17.6. The molecule has 6 nitrogen and oxygen atoms in total. The van der Waals surface area contributed by atoms with Gasteiger partial charge in [-0.1, -0.05) is 17.7 Å². The number of nitrogens with zero attached hydrogens (tertiary/aromatic N) is 4. The highest BCUT2D eigenvalue weighted by Crippen LogP contribution is 2.30. The molecule has 0 bridgehead atoms. The maximum Gasteiger partial charge on any atom is 0.416 e. The second-order valence-corrected chi connectivity index (χ2v) is 4.92. The number of aromatic nitrogens is 2. The van der Waals surface area contributed by atoms with E-state index >= 15 is 0 Å².